The highest BCUT2D eigenvalue weighted by Gasteiger charge is 2.33. The number of ether oxygens (including phenoxy) is 2. The summed E-state index contributed by atoms with van der Waals surface area (Å²) in [5.41, 5.74) is 1.79. The van der Waals surface area contributed by atoms with Crippen molar-refractivity contribution in [1.82, 2.24) is 4.90 Å². The van der Waals surface area contributed by atoms with E-state index in [0.717, 1.165) is 29.7 Å². The van der Waals surface area contributed by atoms with E-state index in [1.807, 2.05) is 24.3 Å². The molecule has 1 saturated carbocycles. The van der Waals surface area contributed by atoms with Crippen LogP contribution in [0.2, 0.25) is 0 Å². The molecule has 0 bridgehead atoms. The third-order valence-electron chi connectivity index (χ3n) is 5.28. The molecule has 2 aromatic carbocycles. The summed E-state index contributed by atoms with van der Waals surface area (Å²) in [7, 11) is 1.64. The van der Waals surface area contributed by atoms with Gasteiger partial charge in [0.2, 0.25) is 5.91 Å². The number of nitrogens with zero attached hydrogens (tertiary/aromatic N) is 1. The molecular formula is C22H24FNO3S. The van der Waals surface area contributed by atoms with E-state index in [1.54, 1.807) is 29.8 Å². The Morgan fingerprint density at radius 1 is 1.14 bits per heavy atom. The Balaban J connectivity index is 1.58. The lowest BCUT2D eigenvalue weighted by Gasteiger charge is -2.25. The van der Waals surface area contributed by atoms with E-state index in [1.165, 1.54) is 25.0 Å². The lowest BCUT2D eigenvalue weighted by molar-refractivity contribution is -0.128. The first-order valence-electron chi connectivity index (χ1n) is 9.64. The Kier molecular flexibility index (Phi) is 5.76. The third kappa shape index (κ3) is 4.12. The molecule has 1 aliphatic heterocycles. The van der Waals surface area contributed by atoms with E-state index >= 15 is 0 Å². The fourth-order valence-electron chi connectivity index (χ4n) is 3.86. The highest BCUT2D eigenvalue weighted by atomic mass is 32.2. The summed E-state index contributed by atoms with van der Waals surface area (Å²) in [6, 6.07) is 12.3. The molecule has 6 heteroatoms. The second-order valence-corrected chi connectivity index (χ2v) is 8.32. The molecule has 1 amide bonds. The highest BCUT2D eigenvalue weighted by molar-refractivity contribution is 8.00. The van der Waals surface area contributed by atoms with Gasteiger partial charge in [-0.15, -0.1) is 11.8 Å². The van der Waals surface area contributed by atoms with Gasteiger partial charge in [0.15, 0.2) is 11.5 Å². The zero-order valence-corrected chi connectivity index (χ0v) is 16.7. The van der Waals surface area contributed by atoms with Gasteiger partial charge in [0.05, 0.1) is 19.0 Å². The SMILES string of the molecule is COc1ccc(C2SCC(=O)N2Cc2cccc(F)c2)cc1OC1CCCC1. The number of carbonyl (C=O) groups is 1. The molecule has 1 unspecified atom stereocenters. The highest BCUT2D eigenvalue weighted by Crippen LogP contribution is 2.43. The molecule has 0 radical (unpaired) electrons. The zero-order chi connectivity index (χ0) is 19.5. The van der Waals surface area contributed by atoms with Crippen LogP contribution in [0.4, 0.5) is 4.39 Å². The van der Waals surface area contributed by atoms with Crippen molar-refractivity contribution in [2.45, 2.75) is 43.7 Å². The standard InChI is InChI=1S/C22H24FNO3S/c1-26-19-10-9-16(12-20(19)27-18-7-2-3-8-18)22-24(21(25)14-28-22)13-15-5-4-6-17(23)11-15/h4-6,9-12,18,22H,2-3,7-8,13-14H2,1H3. The fraction of sp³-hybridized carbons (Fsp3) is 0.409. The molecule has 28 heavy (non-hydrogen) atoms. The number of methoxy groups -OCH3 is 1. The van der Waals surface area contributed by atoms with Gasteiger partial charge in [-0.05, 0) is 61.1 Å². The molecule has 2 aromatic rings. The smallest absolute Gasteiger partial charge is 0.234 e. The maximum Gasteiger partial charge on any atom is 0.234 e. The number of rotatable bonds is 6. The van der Waals surface area contributed by atoms with Gasteiger partial charge in [0.1, 0.15) is 11.2 Å². The summed E-state index contributed by atoms with van der Waals surface area (Å²) in [5.74, 6) is 1.64. The molecule has 0 N–H and O–H groups in total. The van der Waals surface area contributed by atoms with Crippen molar-refractivity contribution in [2.75, 3.05) is 12.9 Å². The lowest BCUT2D eigenvalue weighted by Crippen LogP contribution is -2.27. The van der Waals surface area contributed by atoms with Crippen LogP contribution in [0.3, 0.4) is 0 Å². The minimum absolute atomic E-state index is 0.0633. The summed E-state index contributed by atoms with van der Waals surface area (Å²) in [4.78, 5) is 14.3. The molecule has 2 aliphatic rings. The Morgan fingerprint density at radius 3 is 2.71 bits per heavy atom. The van der Waals surface area contributed by atoms with Gasteiger partial charge >= 0.3 is 0 Å². The van der Waals surface area contributed by atoms with Gasteiger partial charge in [-0.2, -0.15) is 0 Å². The molecule has 0 spiro atoms. The normalized spacial score (nSPS) is 20.0. The van der Waals surface area contributed by atoms with Crippen LogP contribution in [-0.4, -0.2) is 29.8 Å². The summed E-state index contributed by atoms with van der Waals surface area (Å²) in [5, 5.41) is -0.118. The van der Waals surface area contributed by atoms with Crippen molar-refractivity contribution in [3.63, 3.8) is 0 Å². The van der Waals surface area contributed by atoms with Crippen LogP contribution in [0, 0.1) is 5.82 Å². The predicted molar refractivity (Wildman–Crippen MR) is 108 cm³/mol. The van der Waals surface area contributed by atoms with Crippen LogP contribution in [0.25, 0.3) is 0 Å². The molecule has 1 atom stereocenters. The summed E-state index contributed by atoms with van der Waals surface area (Å²) in [6.07, 6.45) is 4.75. The monoisotopic (exact) mass is 401 g/mol. The van der Waals surface area contributed by atoms with Crippen molar-refractivity contribution in [3.05, 3.63) is 59.4 Å². The van der Waals surface area contributed by atoms with Gasteiger partial charge in [0, 0.05) is 6.54 Å². The number of hydrogen-bond acceptors (Lipinski definition) is 4. The molecule has 148 valence electrons. The van der Waals surface area contributed by atoms with E-state index in [4.69, 9.17) is 9.47 Å². The molecular weight excluding hydrogens is 377 g/mol. The molecule has 1 heterocycles. The molecule has 1 aliphatic carbocycles. The average Bonchev–Trinajstić information content (AvgIpc) is 3.32. The molecule has 2 fully saturated rings. The molecule has 4 nitrogen and oxygen atoms in total. The van der Waals surface area contributed by atoms with Crippen molar-refractivity contribution in [1.29, 1.82) is 0 Å². The lowest BCUT2D eigenvalue weighted by atomic mass is 10.1. The summed E-state index contributed by atoms with van der Waals surface area (Å²) < 4.78 is 25.2. The van der Waals surface area contributed by atoms with Crippen LogP contribution in [0.15, 0.2) is 42.5 Å². The number of thioether (sulfide) groups is 1. The number of carbonyl (C=O) groups excluding carboxylic acids is 1. The van der Waals surface area contributed by atoms with Crippen LogP contribution < -0.4 is 9.47 Å². The summed E-state index contributed by atoms with van der Waals surface area (Å²) >= 11 is 1.59. The van der Waals surface area contributed by atoms with E-state index in [2.05, 4.69) is 0 Å². The number of halogens is 1. The van der Waals surface area contributed by atoms with Crippen molar-refractivity contribution in [3.8, 4) is 11.5 Å². The van der Waals surface area contributed by atoms with Crippen LogP contribution in [0.5, 0.6) is 11.5 Å². The van der Waals surface area contributed by atoms with Crippen molar-refractivity contribution < 1.29 is 18.7 Å². The molecule has 0 aromatic heterocycles. The third-order valence-corrected chi connectivity index (χ3v) is 6.53. The van der Waals surface area contributed by atoms with Crippen molar-refractivity contribution >= 4 is 17.7 Å². The van der Waals surface area contributed by atoms with Gasteiger partial charge < -0.3 is 14.4 Å². The first kappa shape index (κ1) is 19.1. The Labute approximate surface area is 169 Å². The second-order valence-electron chi connectivity index (χ2n) is 7.25. The fourth-order valence-corrected chi connectivity index (χ4v) is 5.04. The molecule has 4 rings (SSSR count). The van der Waals surface area contributed by atoms with Gasteiger partial charge in [-0.1, -0.05) is 18.2 Å². The largest absolute Gasteiger partial charge is 0.493 e. The van der Waals surface area contributed by atoms with E-state index in [-0.39, 0.29) is 23.2 Å². The van der Waals surface area contributed by atoms with E-state index in [9.17, 15) is 9.18 Å². The predicted octanol–water partition coefficient (Wildman–Crippen LogP) is 4.93. The number of amides is 1. The maximum atomic E-state index is 13.5. The van der Waals surface area contributed by atoms with Gasteiger partial charge in [-0.3, -0.25) is 4.79 Å². The minimum atomic E-state index is -0.287. The first-order chi connectivity index (χ1) is 13.6. The van der Waals surface area contributed by atoms with Gasteiger partial charge in [0.25, 0.3) is 0 Å². The van der Waals surface area contributed by atoms with Crippen LogP contribution >= 0.6 is 11.8 Å². The first-order valence-corrected chi connectivity index (χ1v) is 10.7. The Morgan fingerprint density at radius 2 is 1.96 bits per heavy atom. The van der Waals surface area contributed by atoms with Crippen LogP contribution in [-0.2, 0) is 11.3 Å². The maximum absolute atomic E-state index is 13.5. The second kappa shape index (κ2) is 8.43. The number of hydrogen-bond donors (Lipinski definition) is 0. The number of benzene rings is 2. The Hall–Kier alpha value is -2.21. The van der Waals surface area contributed by atoms with Crippen LogP contribution in [0.1, 0.15) is 42.2 Å². The average molecular weight is 402 g/mol. The van der Waals surface area contributed by atoms with E-state index < -0.39 is 0 Å². The topological polar surface area (TPSA) is 38.8 Å². The summed E-state index contributed by atoms with van der Waals surface area (Å²) in [6.45, 7) is 0.388. The molecule has 1 saturated heterocycles. The quantitative estimate of drug-likeness (QED) is 0.688. The van der Waals surface area contributed by atoms with E-state index in [0.29, 0.717) is 18.0 Å². The van der Waals surface area contributed by atoms with Gasteiger partial charge in [-0.25, -0.2) is 4.39 Å². The van der Waals surface area contributed by atoms with Crippen molar-refractivity contribution in [2.24, 2.45) is 0 Å². The Bertz CT molecular complexity index is 853. The minimum Gasteiger partial charge on any atom is -0.493 e. The zero-order valence-electron chi connectivity index (χ0n) is 15.9.